The van der Waals surface area contributed by atoms with Crippen molar-refractivity contribution in [3.63, 3.8) is 0 Å². The summed E-state index contributed by atoms with van der Waals surface area (Å²) in [4.78, 5) is 15.4. The zero-order valence-corrected chi connectivity index (χ0v) is 19.3. The van der Waals surface area contributed by atoms with Crippen LogP contribution >= 0.6 is 0 Å². The van der Waals surface area contributed by atoms with Crippen molar-refractivity contribution in [3.8, 4) is 0 Å². The highest BCUT2D eigenvalue weighted by Gasteiger charge is 2.41. The lowest BCUT2D eigenvalue weighted by Gasteiger charge is -2.42. The van der Waals surface area contributed by atoms with Crippen LogP contribution in [0.1, 0.15) is 59.3 Å². The van der Waals surface area contributed by atoms with Crippen LogP contribution in [0.2, 0.25) is 0 Å². The smallest absolute Gasteiger partial charge is 0.227 e. The van der Waals surface area contributed by atoms with Crippen molar-refractivity contribution in [2.75, 3.05) is 33.3 Å². The monoisotopic (exact) mass is 429 g/mol. The molecular formula is C22H44FN5O2. The van der Waals surface area contributed by atoms with Crippen LogP contribution < -0.4 is 22.1 Å². The minimum absolute atomic E-state index is 0.0238. The molecule has 7 nitrogen and oxygen atoms in total. The summed E-state index contributed by atoms with van der Waals surface area (Å²) in [6.07, 6.45) is 3.21. The van der Waals surface area contributed by atoms with Gasteiger partial charge in [-0.2, -0.15) is 0 Å². The minimum Gasteiger partial charge on any atom is -0.376 e. The lowest BCUT2D eigenvalue weighted by atomic mass is 9.74. The van der Waals surface area contributed by atoms with Gasteiger partial charge in [-0.25, -0.2) is 4.39 Å². The fraction of sp³-hybridized carbons (Fsp3) is 0.955. The molecule has 0 saturated carbocycles. The van der Waals surface area contributed by atoms with Crippen LogP contribution in [-0.2, 0) is 9.53 Å². The normalized spacial score (nSPS) is 35.3. The molecule has 30 heavy (non-hydrogen) atoms. The van der Waals surface area contributed by atoms with Gasteiger partial charge in [0.25, 0.3) is 0 Å². The van der Waals surface area contributed by atoms with Gasteiger partial charge in [0.05, 0.1) is 24.2 Å². The number of rotatable bonds is 7. The number of piperidine rings is 1. The van der Waals surface area contributed by atoms with E-state index in [1.54, 1.807) is 0 Å². The predicted octanol–water partition coefficient (Wildman–Crippen LogP) is 1.36. The van der Waals surface area contributed by atoms with Gasteiger partial charge in [0, 0.05) is 25.7 Å². The number of hydrogen-bond acceptors (Lipinski definition) is 6. The summed E-state index contributed by atoms with van der Waals surface area (Å²) in [5.74, 6) is -0.774. The van der Waals surface area contributed by atoms with Gasteiger partial charge in [0.2, 0.25) is 5.91 Å². The van der Waals surface area contributed by atoms with Crippen molar-refractivity contribution >= 4 is 5.91 Å². The summed E-state index contributed by atoms with van der Waals surface area (Å²) in [7, 11) is 1.90. The summed E-state index contributed by atoms with van der Waals surface area (Å²) in [6.45, 7) is 8.80. The second-order valence-electron chi connectivity index (χ2n) is 9.57. The number of ether oxygens (including phenoxy) is 1. The number of nitrogens with one attached hydrogen (secondary N) is 2. The molecule has 0 radical (unpaired) electrons. The number of nitrogens with two attached hydrogens (primary N) is 2. The standard InChI is InChI=1S/C22H44FN5O2/c1-5-22(3)10-7-8-15(23)14-28(4)17(12-22)19(20(24)25)21(29)27-16-13-26-11-9-18(16)30-6-2/h15-20,26H,5-14,24-25H2,1-4H3,(H,27,29). The Morgan fingerprint density at radius 1 is 1.37 bits per heavy atom. The van der Waals surface area contributed by atoms with Gasteiger partial charge in [-0.05, 0) is 58.0 Å². The van der Waals surface area contributed by atoms with Crippen LogP contribution in [0.4, 0.5) is 4.39 Å². The van der Waals surface area contributed by atoms with Crippen LogP contribution in [0.15, 0.2) is 0 Å². The molecular weight excluding hydrogens is 385 g/mol. The largest absolute Gasteiger partial charge is 0.376 e. The molecule has 8 heteroatoms. The highest BCUT2D eigenvalue weighted by Crippen LogP contribution is 2.38. The van der Waals surface area contributed by atoms with Crippen molar-refractivity contribution < 1.29 is 13.9 Å². The Bertz CT molecular complexity index is 536. The first-order chi connectivity index (χ1) is 14.2. The highest BCUT2D eigenvalue weighted by atomic mass is 19.1. The maximum atomic E-state index is 14.5. The van der Waals surface area contributed by atoms with E-state index >= 15 is 0 Å². The number of hydrogen-bond donors (Lipinski definition) is 4. The molecule has 2 aliphatic heterocycles. The average Bonchev–Trinajstić information content (AvgIpc) is 2.73. The predicted molar refractivity (Wildman–Crippen MR) is 119 cm³/mol. The van der Waals surface area contributed by atoms with Gasteiger partial charge < -0.3 is 26.8 Å². The first kappa shape index (κ1) is 25.5. The summed E-state index contributed by atoms with van der Waals surface area (Å²) in [5, 5.41) is 6.48. The SMILES string of the molecule is CCOC1CCNCC1NC(=O)C(C(N)N)C1CC(C)(CC)CCCC(F)CN1C. The van der Waals surface area contributed by atoms with E-state index in [9.17, 15) is 9.18 Å². The van der Waals surface area contributed by atoms with E-state index in [4.69, 9.17) is 16.2 Å². The van der Waals surface area contributed by atoms with Crippen molar-refractivity contribution in [1.29, 1.82) is 0 Å². The molecule has 6 atom stereocenters. The van der Waals surface area contributed by atoms with Crippen molar-refractivity contribution in [2.24, 2.45) is 22.8 Å². The second-order valence-corrected chi connectivity index (χ2v) is 9.57. The molecule has 0 aromatic heterocycles. The Labute approximate surface area is 181 Å². The van der Waals surface area contributed by atoms with Crippen LogP contribution in [0, 0.1) is 11.3 Å². The first-order valence-electron chi connectivity index (χ1n) is 11.7. The number of nitrogens with zero attached hydrogens (tertiary/aromatic N) is 1. The van der Waals surface area contributed by atoms with Gasteiger partial charge in [0.1, 0.15) is 6.17 Å². The Hall–Kier alpha value is -0.800. The van der Waals surface area contributed by atoms with Gasteiger partial charge in [-0.1, -0.05) is 20.3 Å². The molecule has 0 aliphatic carbocycles. The summed E-state index contributed by atoms with van der Waals surface area (Å²) in [6, 6.07) is -0.339. The molecule has 2 heterocycles. The van der Waals surface area contributed by atoms with Crippen LogP contribution in [0.3, 0.4) is 0 Å². The molecule has 6 unspecified atom stereocenters. The van der Waals surface area contributed by atoms with Gasteiger partial charge in [-0.15, -0.1) is 0 Å². The fourth-order valence-corrected chi connectivity index (χ4v) is 5.05. The molecule has 176 valence electrons. The van der Waals surface area contributed by atoms with E-state index in [1.807, 2.05) is 18.9 Å². The molecule has 2 rings (SSSR count). The molecule has 0 bridgehead atoms. The number of carbonyl (C=O) groups is 1. The summed E-state index contributed by atoms with van der Waals surface area (Å²) in [5.41, 5.74) is 12.4. The van der Waals surface area contributed by atoms with E-state index in [0.717, 1.165) is 38.6 Å². The van der Waals surface area contributed by atoms with Crippen molar-refractivity contribution in [2.45, 2.75) is 89.8 Å². The molecule has 0 aromatic carbocycles. The van der Waals surface area contributed by atoms with E-state index in [-0.39, 0.29) is 29.5 Å². The van der Waals surface area contributed by atoms with Gasteiger partial charge >= 0.3 is 0 Å². The maximum absolute atomic E-state index is 14.5. The number of halogens is 1. The van der Waals surface area contributed by atoms with E-state index < -0.39 is 18.3 Å². The molecule has 6 N–H and O–H groups in total. The second kappa shape index (κ2) is 11.7. The maximum Gasteiger partial charge on any atom is 0.227 e. The van der Waals surface area contributed by atoms with E-state index in [0.29, 0.717) is 26.1 Å². The number of amides is 1. The van der Waals surface area contributed by atoms with Crippen LogP contribution in [0.5, 0.6) is 0 Å². The Balaban J connectivity index is 2.23. The number of alkyl halides is 1. The Kier molecular flexibility index (Phi) is 9.94. The zero-order valence-electron chi connectivity index (χ0n) is 19.3. The minimum atomic E-state index is -0.903. The topological polar surface area (TPSA) is 106 Å². The summed E-state index contributed by atoms with van der Waals surface area (Å²) < 4.78 is 20.4. The quantitative estimate of drug-likeness (QED) is 0.456. The fourth-order valence-electron chi connectivity index (χ4n) is 5.05. The summed E-state index contributed by atoms with van der Waals surface area (Å²) >= 11 is 0. The van der Waals surface area contributed by atoms with Crippen molar-refractivity contribution in [3.05, 3.63) is 0 Å². The molecule has 2 aliphatic rings. The molecule has 2 saturated heterocycles. The first-order valence-corrected chi connectivity index (χ1v) is 11.7. The molecule has 1 amide bonds. The molecule has 2 fully saturated rings. The third-order valence-corrected chi connectivity index (χ3v) is 7.16. The van der Waals surface area contributed by atoms with Gasteiger partial charge in [0.15, 0.2) is 0 Å². The van der Waals surface area contributed by atoms with Crippen LogP contribution in [-0.4, -0.2) is 74.6 Å². The molecule has 0 spiro atoms. The average molecular weight is 430 g/mol. The lowest BCUT2D eigenvalue weighted by Crippen LogP contribution is -2.62. The van der Waals surface area contributed by atoms with E-state index in [1.165, 1.54) is 0 Å². The van der Waals surface area contributed by atoms with Gasteiger partial charge in [-0.3, -0.25) is 9.69 Å². The Morgan fingerprint density at radius 3 is 2.73 bits per heavy atom. The third-order valence-electron chi connectivity index (χ3n) is 7.16. The van der Waals surface area contributed by atoms with Crippen LogP contribution in [0.25, 0.3) is 0 Å². The number of carbonyl (C=O) groups excluding carboxylic acids is 1. The third kappa shape index (κ3) is 6.85. The van der Waals surface area contributed by atoms with Crippen molar-refractivity contribution in [1.82, 2.24) is 15.5 Å². The molecule has 0 aromatic rings. The lowest BCUT2D eigenvalue weighted by molar-refractivity contribution is -0.131. The Morgan fingerprint density at radius 2 is 2.10 bits per heavy atom. The zero-order chi connectivity index (χ0) is 22.3. The van der Waals surface area contributed by atoms with E-state index in [2.05, 4.69) is 24.5 Å². The highest BCUT2D eigenvalue weighted by molar-refractivity contribution is 5.80.